The molecule has 64 nitrogen and oxygen atoms in total. The number of ether oxygens (including phenoxy) is 16. The van der Waals surface area contributed by atoms with Gasteiger partial charge in [0.2, 0.25) is 0 Å². The molecule has 0 aromatic carbocycles. The van der Waals surface area contributed by atoms with Gasteiger partial charge in [-0.05, 0) is 0 Å². The Labute approximate surface area is 1450 Å². The molecule has 0 spiro atoms. The Morgan fingerprint density at radius 2 is 0.221 bits per heavy atom. The summed E-state index contributed by atoms with van der Waals surface area (Å²) in [6, 6.07) is 0. The van der Waals surface area contributed by atoms with Crippen molar-refractivity contribution in [2.45, 2.75) is 246 Å². The van der Waals surface area contributed by atoms with Crippen LogP contribution in [0.5, 0.6) is 0 Å². The van der Waals surface area contributed by atoms with Gasteiger partial charge in [-0.1, -0.05) is 0 Å². The molecule has 30 saturated heterocycles. The Morgan fingerprint density at radius 3 is 0.287 bits per heavy atom. The van der Waals surface area contributed by atoms with E-state index in [0.29, 0.717) is 0 Å². The minimum atomic E-state index is -6.32. The molecule has 0 unspecified atom stereocenters. The summed E-state index contributed by atoms with van der Waals surface area (Å²) in [4.78, 5) is 191. The maximum absolute atomic E-state index is 11.9. The number of rotatable bonds is 24. The number of hydrogen-bond donors (Lipinski definition) is 16. The number of phosphoric acid groups is 8. The van der Waals surface area contributed by atoms with Crippen molar-refractivity contribution in [2.75, 3.05) is 52.9 Å². The average molecular weight is 2550 g/mol. The first-order valence-electron chi connectivity index (χ1n) is 33.8. The summed E-state index contributed by atoms with van der Waals surface area (Å²) in [6.07, 6.45) is -111. The van der Waals surface area contributed by atoms with Gasteiger partial charge in [0.1, 0.15) is 195 Å². The summed E-state index contributed by atoms with van der Waals surface area (Å²) >= 11 is 0. The van der Waals surface area contributed by atoms with Gasteiger partial charge in [0, 0.05) is 0 Å². The minimum absolute atomic E-state index is 0. The Hall–Kier alpha value is 25.8. The van der Waals surface area contributed by atoms with Crippen LogP contribution < -0.4 is 900 Å². The molecule has 16 bridgehead atoms. The maximum Gasteiger partial charge on any atom is 1.00 e. The number of aliphatic hydroxyl groups excluding tert-OH is 16. The summed E-state index contributed by atoms with van der Waals surface area (Å²) in [5, 5.41) is 187. The maximum atomic E-state index is 11.9. The molecule has 0 radical (unpaired) electrons. The predicted molar refractivity (Wildman–Crippen MR) is 313 cm³/mol. The normalized spacial score (nSPS) is 39.6. The molecule has 88 heteroatoms. The van der Waals surface area contributed by atoms with E-state index < -0.39 is 361 Å². The topological polar surface area (TPSA) is 1050 Å². The van der Waals surface area contributed by atoms with E-state index in [1.807, 2.05) is 0 Å². The second-order valence-electron chi connectivity index (χ2n) is 26.9. The van der Waals surface area contributed by atoms with Crippen molar-refractivity contribution in [3.63, 3.8) is 0 Å². The Bertz CT molecular complexity index is 3080. The van der Waals surface area contributed by atoms with Gasteiger partial charge in [0.05, 0.1) is 115 Å². The molecule has 30 aliphatic heterocycles. The fraction of sp³-hybridized carbons (Fsp3) is 1.00. The van der Waals surface area contributed by atoms with Crippen molar-refractivity contribution in [2.24, 2.45) is 0 Å². The molecule has 30 aliphatic rings. The zero-order valence-electron chi connectivity index (χ0n) is 75.1. The van der Waals surface area contributed by atoms with Gasteiger partial charge in [-0.25, -0.2) is 0 Å². The third kappa shape index (κ3) is 57.0. The van der Waals surface area contributed by atoms with Crippen LogP contribution in [0, 0.1) is 0 Å². The van der Waals surface area contributed by atoms with E-state index in [1.54, 1.807) is 0 Å². The van der Waals surface area contributed by atoms with E-state index in [4.69, 9.17) is 75.8 Å². The molecular formula is C48H72K16O64P8. The van der Waals surface area contributed by atoms with Crippen molar-refractivity contribution < 1.29 is 1130 Å². The van der Waals surface area contributed by atoms with Gasteiger partial charge in [0.25, 0.3) is 0 Å². The fourth-order valence-electron chi connectivity index (χ4n) is 13.1. The standard InChI is InChI=1S/C48H88O64P8.16K/c49-17-25(57)41-97-9(1-89-113(65,66)67)33(17)105-42-26(58)18(50)35(11(98-42)3-91-115(71,72)73)107-44-28(60)20(52)37(13(100-44)5-93-117(77,78)79)109-46-30(62)22(54)39(15(102-46)7-95-119(83,84)85)111-48-32(64)24(56)40(16(104-48)8-96-120(86,87)88)112-47-31(63)23(55)38(14(103-47)6-94-118(80,81)82)110-45-29(61)21(53)36(12(101-45)4-92-116(74,75)76)108-43-27(59)19(51)34(106-41)10(99-43)2-90-114(68,69)70;;;;;;;;;;;;;;;;/h9-64H,1-8H2,(H2,65,66,67)(H2,68,69,70)(H2,71,72,73)(H2,74,75,76)(H2,77,78,79)(H2,80,81,82)(H2,83,84,85)(H2,86,87,88);;;;;;;;;;;;;;;;/q;16*+1/p-16/t9-,10-,11-,12-,13-,14-,15-,16-,17-,18-,19-,20-,21-,22-,23-,24-,25-,26-,27-,28-,29-,30-,31-,32-,33-,34-,35-,36-,37-,38-,39-,40-,41-,42-,43-,44-,45-,46-,47-,48-;;;;;;;;;;;;;;;;/m1................/s1. The van der Waals surface area contributed by atoms with Crippen molar-refractivity contribution in [3.05, 3.63) is 0 Å². The molecule has 0 aliphatic carbocycles. The molecule has 136 heavy (non-hydrogen) atoms. The first-order chi connectivity index (χ1) is 55.1. The van der Waals surface area contributed by atoms with Gasteiger partial charge in [-0.2, -0.15) is 0 Å². The monoisotopic (exact) mass is 2540 g/mol. The quantitative estimate of drug-likeness (QED) is 0.0315. The molecule has 704 valence electrons. The van der Waals surface area contributed by atoms with E-state index in [1.165, 1.54) is 0 Å². The zero-order chi connectivity index (χ0) is 89.7. The van der Waals surface area contributed by atoms with Crippen LogP contribution in [-0.2, 0) is 149 Å². The number of aliphatic hydroxyl groups is 16. The van der Waals surface area contributed by atoms with Gasteiger partial charge in [-0.15, -0.1) is 0 Å². The Balaban J connectivity index is -0.00000171. The fourth-order valence-corrected chi connectivity index (χ4v) is 15.8. The molecule has 0 aromatic heterocycles. The van der Waals surface area contributed by atoms with Crippen molar-refractivity contribution >= 4 is 62.6 Å². The third-order valence-electron chi connectivity index (χ3n) is 18.6. The van der Waals surface area contributed by atoms with Crippen LogP contribution in [0.1, 0.15) is 0 Å². The van der Waals surface area contributed by atoms with E-state index >= 15 is 0 Å². The molecule has 0 saturated carbocycles. The van der Waals surface area contributed by atoms with Crippen LogP contribution in [0.15, 0.2) is 0 Å². The van der Waals surface area contributed by atoms with Crippen molar-refractivity contribution in [1.82, 2.24) is 0 Å². The molecule has 30 heterocycles. The van der Waals surface area contributed by atoms with E-state index in [0.717, 1.165) is 0 Å². The number of hydrogen-bond acceptors (Lipinski definition) is 64. The molecular weight excluding hydrogens is 2470 g/mol. The molecule has 16 N–H and O–H groups in total. The van der Waals surface area contributed by atoms with Crippen LogP contribution >= 0.6 is 62.6 Å². The van der Waals surface area contributed by atoms with Gasteiger partial charge < -0.3 is 308 Å². The SMILES string of the molecule is O=P([O-])([O-])OC[C@H]1O[C@@H]2O[C@H]3[C@H](O)[C@@H](O)[C@@H](O[C@H]4[C@H](O)[C@@H](O)[C@@H](O[C@H]5[C@H](O)[C@@H](O)[C@@H](O[C@H]6[C@H](O)[C@@H](O)[C@@H](O[C@H]7[C@H](O)[C@@H](O)[C@@H](O[C@H]8[C@H](O)[C@@H](O)[C@@H](O[C@H]9[C@H](O)[C@@H](O)[C@@H](O[C@H]1[C@H](O)[C@H]2O)O[C@@H]9COP(=O)([O-])[O-])O[C@@H]8COP(=O)([O-])[O-])O[C@@H]7COP(=O)([O-])[O-])O[C@@H]6COP(=O)([O-])[O-])O[C@@H]5COP(=O)([O-])[O-])O[C@@H]4COP(=O)([O-])[O-])O[C@@H]3COP(=O)([O-])[O-].[K+].[K+].[K+].[K+].[K+].[K+].[K+].[K+].[K+].[K+].[K+].[K+].[K+].[K+].[K+].[K+]. The first kappa shape index (κ1) is 177. The number of phosphoric ester groups is 8. The molecule has 0 amide bonds. The second-order valence-corrected chi connectivity index (χ2v) is 36.2. The van der Waals surface area contributed by atoms with Crippen LogP contribution in [-0.4, -0.2) is 380 Å². The molecule has 30 fully saturated rings. The molecule has 30 rings (SSSR count). The molecule has 0 aromatic rings. The largest absolute Gasteiger partial charge is 1.00 e. The van der Waals surface area contributed by atoms with E-state index in [2.05, 4.69) is 36.2 Å². The Kier molecular flexibility index (Phi) is 105. The second kappa shape index (κ2) is 80.5. The van der Waals surface area contributed by atoms with Crippen molar-refractivity contribution in [1.29, 1.82) is 0 Å². The van der Waals surface area contributed by atoms with Gasteiger partial charge in [-0.3, -0.25) is 0 Å². The van der Waals surface area contributed by atoms with Crippen LogP contribution in [0.4, 0.5) is 0 Å². The van der Waals surface area contributed by atoms with Crippen LogP contribution in [0.3, 0.4) is 0 Å². The minimum Gasteiger partial charge on any atom is -0.790 e. The average Bonchev–Trinajstić information content (AvgIpc) is 0.768. The zero-order valence-corrected chi connectivity index (χ0v) is 132. The summed E-state index contributed by atoms with van der Waals surface area (Å²) in [7, 11) is -50.6. The van der Waals surface area contributed by atoms with Crippen molar-refractivity contribution in [3.8, 4) is 0 Å². The molecule has 40 atom stereocenters. The third-order valence-corrected chi connectivity index (χ3v) is 22.4. The first-order valence-corrected chi connectivity index (χ1v) is 45.4. The summed E-state index contributed by atoms with van der Waals surface area (Å²) in [6.45, 7) is -14.2. The van der Waals surface area contributed by atoms with E-state index in [9.17, 15) is 197 Å². The van der Waals surface area contributed by atoms with Crippen LogP contribution in [0.25, 0.3) is 0 Å². The van der Waals surface area contributed by atoms with Gasteiger partial charge >= 0.3 is 822 Å². The summed E-state index contributed by atoms with van der Waals surface area (Å²) < 4.78 is 218. The Morgan fingerprint density at radius 1 is 0.147 bits per heavy atom. The van der Waals surface area contributed by atoms with E-state index in [-0.39, 0.29) is 822 Å². The van der Waals surface area contributed by atoms with Gasteiger partial charge in [0.15, 0.2) is 50.3 Å². The summed E-state index contributed by atoms with van der Waals surface area (Å²) in [5.41, 5.74) is 0. The summed E-state index contributed by atoms with van der Waals surface area (Å²) in [5.74, 6) is 0. The predicted octanol–water partition coefficient (Wildman–Crippen LogP) is -74.5. The van der Waals surface area contributed by atoms with Crippen LogP contribution in [0.2, 0.25) is 0 Å². The smallest absolute Gasteiger partial charge is 0.790 e.